The number of carboxylic acids is 1. The van der Waals surface area contributed by atoms with Crippen LogP contribution in [0.1, 0.15) is 52.5 Å². The molecule has 1 fully saturated rings. The van der Waals surface area contributed by atoms with E-state index in [4.69, 9.17) is 9.84 Å². The van der Waals surface area contributed by atoms with Crippen molar-refractivity contribution in [3.05, 3.63) is 53.0 Å². The van der Waals surface area contributed by atoms with Gasteiger partial charge in [0.15, 0.2) is 5.69 Å². The average molecular weight is 341 g/mol. The first-order chi connectivity index (χ1) is 12.0. The number of benzene rings is 1. The van der Waals surface area contributed by atoms with Gasteiger partial charge < -0.3 is 15.2 Å². The molecular formula is C19H23N3O3. The highest BCUT2D eigenvalue weighted by molar-refractivity contribution is 5.88. The normalized spacial score (nSPS) is 20.2. The maximum absolute atomic E-state index is 11.2. The number of hydrogen-bond donors (Lipinski definition) is 2. The summed E-state index contributed by atoms with van der Waals surface area (Å²) in [5, 5.41) is 12.4. The number of nitrogens with zero attached hydrogens (tertiary/aromatic N) is 2. The molecule has 0 aliphatic carbocycles. The van der Waals surface area contributed by atoms with Gasteiger partial charge in [0.1, 0.15) is 12.1 Å². The van der Waals surface area contributed by atoms with E-state index in [1.165, 1.54) is 17.5 Å². The Balaban J connectivity index is 1.63. The number of hydrogen-bond acceptors (Lipinski definition) is 5. The fourth-order valence-electron chi connectivity index (χ4n) is 3.13. The van der Waals surface area contributed by atoms with Crippen LogP contribution in [0, 0.1) is 13.8 Å². The summed E-state index contributed by atoms with van der Waals surface area (Å²) in [4.78, 5) is 19.1. The highest BCUT2D eigenvalue weighted by atomic mass is 16.5. The van der Waals surface area contributed by atoms with E-state index in [1.807, 2.05) is 0 Å². The van der Waals surface area contributed by atoms with Crippen molar-refractivity contribution in [3.63, 3.8) is 0 Å². The predicted octanol–water partition coefficient (Wildman–Crippen LogP) is 3.51. The van der Waals surface area contributed by atoms with Crippen molar-refractivity contribution in [1.82, 2.24) is 9.97 Å². The zero-order valence-electron chi connectivity index (χ0n) is 14.5. The maximum atomic E-state index is 11.2. The minimum atomic E-state index is -1.05. The van der Waals surface area contributed by atoms with Gasteiger partial charge in [-0.3, -0.25) is 0 Å². The van der Waals surface area contributed by atoms with E-state index >= 15 is 0 Å². The first-order valence-corrected chi connectivity index (χ1v) is 8.55. The Labute approximate surface area is 147 Å². The van der Waals surface area contributed by atoms with Crippen LogP contribution >= 0.6 is 0 Å². The van der Waals surface area contributed by atoms with Gasteiger partial charge in [-0.05, 0) is 38.7 Å². The van der Waals surface area contributed by atoms with Gasteiger partial charge in [0, 0.05) is 12.1 Å². The molecular weight excluding hydrogens is 318 g/mol. The summed E-state index contributed by atoms with van der Waals surface area (Å²) in [6.45, 7) is 4.38. The molecule has 1 aromatic carbocycles. The summed E-state index contributed by atoms with van der Waals surface area (Å²) in [7, 11) is 0. The molecule has 1 saturated heterocycles. The van der Waals surface area contributed by atoms with Crippen molar-refractivity contribution in [2.75, 3.05) is 11.9 Å². The van der Waals surface area contributed by atoms with Crippen molar-refractivity contribution in [2.24, 2.45) is 0 Å². The van der Waals surface area contributed by atoms with Gasteiger partial charge in [0.2, 0.25) is 0 Å². The van der Waals surface area contributed by atoms with Crippen LogP contribution in [0.15, 0.2) is 30.6 Å². The second kappa shape index (κ2) is 7.61. The monoisotopic (exact) mass is 341 g/mol. The first kappa shape index (κ1) is 17.4. The second-order valence-corrected chi connectivity index (χ2v) is 6.47. The molecule has 1 aromatic heterocycles. The standard InChI is InChI=1S/C19H23N3O3/c1-12-6-8-14(9-7-12)16-5-3-4-15(25-16)10-20-18-13(2)17(19(23)24)21-11-22-18/h6-9,11,15-16H,3-5,10H2,1-2H3,(H,23,24)(H,20,21,22)/t15?,16-/m0/s1. The lowest BCUT2D eigenvalue weighted by Gasteiger charge is -2.31. The molecule has 2 aromatic rings. The number of aryl methyl sites for hydroxylation is 1. The molecule has 2 heterocycles. The van der Waals surface area contributed by atoms with E-state index in [2.05, 4.69) is 46.5 Å². The number of ether oxygens (including phenoxy) is 1. The number of carbonyl (C=O) groups is 1. The van der Waals surface area contributed by atoms with Gasteiger partial charge in [-0.25, -0.2) is 14.8 Å². The van der Waals surface area contributed by atoms with Crippen molar-refractivity contribution in [3.8, 4) is 0 Å². The number of rotatable bonds is 5. The van der Waals surface area contributed by atoms with Crippen LogP contribution in [0.2, 0.25) is 0 Å². The number of carboxylic acid groups (broad SMARTS) is 1. The van der Waals surface area contributed by atoms with E-state index in [-0.39, 0.29) is 17.9 Å². The second-order valence-electron chi connectivity index (χ2n) is 6.47. The number of anilines is 1. The maximum Gasteiger partial charge on any atom is 0.354 e. The Morgan fingerprint density at radius 1 is 1.24 bits per heavy atom. The summed E-state index contributed by atoms with van der Waals surface area (Å²) < 4.78 is 6.23. The van der Waals surface area contributed by atoms with Crippen molar-refractivity contribution < 1.29 is 14.6 Å². The summed E-state index contributed by atoms with van der Waals surface area (Å²) in [6, 6.07) is 8.48. The Hall–Kier alpha value is -2.47. The molecule has 1 unspecified atom stereocenters. The Kier molecular flexibility index (Phi) is 5.28. The summed E-state index contributed by atoms with van der Waals surface area (Å²) >= 11 is 0. The summed E-state index contributed by atoms with van der Waals surface area (Å²) in [5.74, 6) is -0.496. The third-order valence-electron chi connectivity index (χ3n) is 4.58. The van der Waals surface area contributed by atoms with Crippen LogP contribution in [-0.2, 0) is 4.74 Å². The molecule has 3 rings (SSSR count). The van der Waals surface area contributed by atoms with Crippen LogP contribution in [0.3, 0.4) is 0 Å². The predicted molar refractivity (Wildman–Crippen MR) is 94.9 cm³/mol. The Bertz CT molecular complexity index is 746. The van der Waals surface area contributed by atoms with Crippen molar-refractivity contribution in [2.45, 2.75) is 45.3 Å². The van der Waals surface area contributed by atoms with Crippen molar-refractivity contribution >= 4 is 11.8 Å². The van der Waals surface area contributed by atoms with E-state index in [1.54, 1.807) is 6.92 Å². The highest BCUT2D eigenvalue weighted by Crippen LogP contribution is 2.31. The van der Waals surface area contributed by atoms with Crippen LogP contribution in [0.25, 0.3) is 0 Å². The van der Waals surface area contributed by atoms with Crippen LogP contribution in [0.4, 0.5) is 5.82 Å². The summed E-state index contributed by atoms with van der Waals surface area (Å²) in [6.07, 6.45) is 4.56. The molecule has 1 aliphatic rings. The molecule has 0 bridgehead atoms. The largest absolute Gasteiger partial charge is 0.476 e. The molecule has 0 amide bonds. The van der Waals surface area contributed by atoms with E-state index < -0.39 is 5.97 Å². The molecule has 0 spiro atoms. The third kappa shape index (κ3) is 4.14. The number of aromatic nitrogens is 2. The van der Waals surface area contributed by atoms with Gasteiger partial charge in [0.05, 0.1) is 12.2 Å². The highest BCUT2D eigenvalue weighted by Gasteiger charge is 2.24. The van der Waals surface area contributed by atoms with E-state index in [0.717, 1.165) is 19.3 Å². The van der Waals surface area contributed by atoms with E-state index in [9.17, 15) is 4.79 Å². The first-order valence-electron chi connectivity index (χ1n) is 8.55. The third-order valence-corrected chi connectivity index (χ3v) is 4.58. The molecule has 6 heteroatoms. The molecule has 25 heavy (non-hydrogen) atoms. The molecule has 2 N–H and O–H groups in total. The molecule has 1 aliphatic heterocycles. The smallest absolute Gasteiger partial charge is 0.354 e. The Morgan fingerprint density at radius 3 is 2.72 bits per heavy atom. The molecule has 132 valence electrons. The number of aromatic carboxylic acids is 1. The van der Waals surface area contributed by atoms with Crippen molar-refractivity contribution in [1.29, 1.82) is 0 Å². The Morgan fingerprint density at radius 2 is 2.00 bits per heavy atom. The molecule has 0 radical (unpaired) electrons. The van der Waals surface area contributed by atoms with Gasteiger partial charge in [-0.15, -0.1) is 0 Å². The lowest BCUT2D eigenvalue weighted by molar-refractivity contribution is -0.0442. The zero-order chi connectivity index (χ0) is 17.8. The van der Waals surface area contributed by atoms with Crippen LogP contribution in [0.5, 0.6) is 0 Å². The fraction of sp³-hybridized carbons (Fsp3) is 0.421. The van der Waals surface area contributed by atoms with Crippen LogP contribution in [-0.4, -0.2) is 33.7 Å². The molecule has 6 nitrogen and oxygen atoms in total. The lowest BCUT2D eigenvalue weighted by Crippen LogP contribution is -2.29. The van der Waals surface area contributed by atoms with Gasteiger partial charge in [-0.2, -0.15) is 0 Å². The average Bonchev–Trinajstić information content (AvgIpc) is 2.61. The minimum absolute atomic E-state index is 0.0274. The fourth-order valence-corrected chi connectivity index (χ4v) is 3.13. The van der Waals surface area contributed by atoms with Gasteiger partial charge >= 0.3 is 5.97 Å². The minimum Gasteiger partial charge on any atom is -0.476 e. The molecule has 2 atom stereocenters. The molecule has 0 saturated carbocycles. The quantitative estimate of drug-likeness (QED) is 0.866. The van der Waals surface area contributed by atoms with E-state index in [0.29, 0.717) is 17.9 Å². The number of nitrogens with one attached hydrogen (secondary N) is 1. The van der Waals surface area contributed by atoms with Gasteiger partial charge in [-0.1, -0.05) is 29.8 Å². The van der Waals surface area contributed by atoms with Gasteiger partial charge in [0.25, 0.3) is 0 Å². The topological polar surface area (TPSA) is 84.3 Å². The SMILES string of the molecule is Cc1ccc([C@@H]2CCCC(CNc3ncnc(C(=O)O)c3C)O2)cc1. The summed E-state index contributed by atoms with van der Waals surface area (Å²) in [5.41, 5.74) is 3.02. The lowest BCUT2D eigenvalue weighted by atomic mass is 9.97. The zero-order valence-corrected chi connectivity index (χ0v) is 14.5. The van der Waals surface area contributed by atoms with Crippen LogP contribution < -0.4 is 5.32 Å².